The summed E-state index contributed by atoms with van der Waals surface area (Å²) in [7, 11) is 0. The number of hydrogen-bond acceptors (Lipinski definition) is 6. The van der Waals surface area contributed by atoms with Gasteiger partial charge in [0.15, 0.2) is 0 Å². The fraction of sp³-hybridized carbons (Fsp3) is 0.231. The highest BCUT2D eigenvalue weighted by atomic mass is 32.2. The maximum absolute atomic E-state index is 13.4. The molecule has 1 aliphatic rings. The molecule has 1 N–H and O–H groups in total. The minimum atomic E-state index is -0.284. The number of halogens is 1. The van der Waals surface area contributed by atoms with Gasteiger partial charge in [-0.2, -0.15) is 9.78 Å². The van der Waals surface area contributed by atoms with Gasteiger partial charge in [-0.15, -0.1) is 11.8 Å². The first-order chi connectivity index (χ1) is 16.9. The molecule has 7 nitrogen and oxygen atoms in total. The second kappa shape index (κ2) is 9.50. The summed E-state index contributed by atoms with van der Waals surface area (Å²) in [6, 6.07) is 16.0. The molecule has 4 aromatic rings. The van der Waals surface area contributed by atoms with Crippen LogP contribution in [-0.2, 0) is 11.4 Å². The second-order valence-corrected chi connectivity index (χ2v) is 9.53. The average Bonchev–Trinajstić information content (AvgIpc) is 3.02. The highest BCUT2D eigenvalue weighted by Crippen LogP contribution is 2.44. The zero-order valence-corrected chi connectivity index (χ0v) is 20.4. The van der Waals surface area contributed by atoms with E-state index in [1.165, 1.54) is 12.1 Å². The number of thioether (sulfide) groups is 1. The number of fused-ring (bicyclic) bond motifs is 1. The largest absolute Gasteiger partial charge is 0.489 e. The second-order valence-electron chi connectivity index (χ2n) is 8.44. The van der Waals surface area contributed by atoms with Crippen molar-refractivity contribution in [3.05, 3.63) is 94.2 Å². The molecule has 0 saturated carbocycles. The van der Waals surface area contributed by atoms with Crippen LogP contribution < -0.4 is 10.1 Å². The summed E-state index contributed by atoms with van der Waals surface area (Å²) < 4.78 is 20.9. The van der Waals surface area contributed by atoms with E-state index < -0.39 is 0 Å². The van der Waals surface area contributed by atoms with Gasteiger partial charge in [-0.3, -0.25) is 4.79 Å². The fourth-order valence-electron chi connectivity index (χ4n) is 4.13. The molecule has 0 spiro atoms. The third-order valence-corrected chi connectivity index (χ3v) is 6.92. The minimum absolute atomic E-state index is 0.0979. The van der Waals surface area contributed by atoms with E-state index in [1.54, 1.807) is 22.5 Å². The van der Waals surface area contributed by atoms with Gasteiger partial charge in [0.05, 0.1) is 16.7 Å². The number of aromatic nitrogens is 4. The molecule has 1 amide bonds. The van der Waals surface area contributed by atoms with Gasteiger partial charge in [0.1, 0.15) is 24.0 Å². The molecule has 35 heavy (non-hydrogen) atoms. The topological polar surface area (TPSA) is 81.9 Å². The molecule has 0 aliphatic carbocycles. The first-order valence-electron chi connectivity index (χ1n) is 11.2. The number of anilines is 1. The molecule has 178 valence electrons. The zero-order chi connectivity index (χ0) is 24.5. The van der Waals surface area contributed by atoms with E-state index in [2.05, 4.69) is 15.3 Å². The average molecular weight is 490 g/mol. The summed E-state index contributed by atoms with van der Waals surface area (Å²) in [5, 5.41) is 7.59. The highest BCUT2D eigenvalue weighted by Gasteiger charge is 2.31. The van der Waals surface area contributed by atoms with Crippen LogP contribution in [0.1, 0.15) is 39.0 Å². The molecule has 9 heteroatoms. The van der Waals surface area contributed by atoms with E-state index in [0.29, 0.717) is 23.3 Å². The Bertz CT molecular complexity index is 1380. The Balaban J connectivity index is 1.45. The van der Waals surface area contributed by atoms with Crippen molar-refractivity contribution in [1.29, 1.82) is 0 Å². The predicted octanol–water partition coefficient (Wildman–Crippen LogP) is 5.08. The highest BCUT2D eigenvalue weighted by molar-refractivity contribution is 8.00. The summed E-state index contributed by atoms with van der Waals surface area (Å²) in [6.45, 7) is 6.02. The Labute approximate surface area is 206 Å². The summed E-state index contributed by atoms with van der Waals surface area (Å²) in [6.07, 6.45) is 0. The molecule has 2 aromatic heterocycles. The van der Waals surface area contributed by atoms with Crippen LogP contribution in [0, 0.1) is 26.6 Å². The molecule has 0 bridgehead atoms. The smallest absolute Gasteiger partial charge is 0.252 e. The molecular formula is C26H24FN5O2S. The molecule has 0 fully saturated rings. The van der Waals surface area contributed by atoms with Crippen LogP contribution in [0.15, 0.2) is 54.6 Å². The van der Waals surface area contributed by atoms with E-state index in [9.17, 15) is 9.18 Å². The van der Waals surface area contributed by atoms with Gasteiger partial charge in [-0.25, -0.2) is 14.4 Å². The SMILES string of the molecule is Cc1cc(C)nc(-n2nc(C)c3c2NC(=O)CSC3c2ccc(OCc3cccc(F)c3)cc2)n1. The first kappa shape index (κ1) is 23.0. The predicted molar refractivity (Wildman–Crippen MR) is 133 cm³/mol. The van der Waals surface area contributed by atoms with Crippen LogP contribution >= 0.6 is 11.8 Å². The van der Waals surface area contributed by atoms with Crippen molar-refractivity contribution in [3.8, 4) is 11.7 Å². The molecule has 0 saturated heterocycles. The van der Waals surface area contributed by atoms with Crippen molar-refractivity contribution in [1.82, 2.24) is 19.7 Å². The Hall–Kier alpha value is -3.72. The number of aryl methyl sites for hydroxylation is 3. The molecule has 3 heterocycles. The van der Waals surface area contributed by atoms with Crippen molar-refractivity contribution in [2.24, 2.45) is 0 Å². The fourth-order valence-corrected chi connectivity index (χ4v) is 5.31. The van der Waals surface area contributed by atoms with E-state index in [1.807, 2.05) is 57.2 Å². The summed E-state index contributed by atoms with van der Waals surface area (Å²) >= 11 is 1.55. The number of nitrogens with one attached hydrogen (secondary N) is 1. The van der Waals surface area contributed by atoms with Crippen LogP contribution in [0.2, 0.25) is 0 Å². The van der Waals surface area contributed by atoms with Crippen LogP contribution in [0.4, 0.5) is 10.2 Å². The summed E-state index contributed by atoms with van der Waals surface area (Å²) in [5.74, 6) is 1.64. The molecule has 1 aliphatic heterocycles. The number of ether oxygens (including phenoxy) is 1. The Kier molecular flexibility index (Phi) is 6.25. The monoisotopic (exact) mass is 489 g/mol. The number of amides is 1. The Morgan fingerprint density at radius 1 is 1.09 bits per heavy atom. The maximum atomic E-state index is 13.4. The Morgan fingerprint density at radius 3 is 2.54 bits per heavy atom. The third-order valence-electron chi connectivity index (χ3n) is 5.65. The Morgan fingerprint density at radius 2 is 1.83 bits per heavy atom. The molecular weight excluding hydrogens is 465 g/mol. The number of hydrogen-bond donors (Lipinski definition) is 1. The van der Waals surface area contributed by atoms with Crippen molar-refractivity contribution >= 4 is 23.5 Å². The molecule has 1 unspecified atom stereocenters. The first-order valence-corrected chi connectivity index (χ1v) is 12.2. The lowest BCUT2D eigenvalue weighted by Crippen LogP contribution is -2.17. The number of nitrogens with zero attached hydrogens (tertiary/aromatic N) is 4. The summed E-state index contributed by atoms with van der Waals surface area (Å²) in [5.41, 5.74) is 5.17. The normalized spacial score (nSPS) is 15.3. The lowest BCUT2D eigenvalue weighted by Gasteiger charge is -2.16. The van der Waals surface area contributed by atoms with Gasteiger partial charge < -0.3 is 10.1 Å². The quantitative estimate of drug-likeness (QED) is 0.421. The third kappa shape index (κ3) is 4.90. The van der Waals surface area contributed by atoms with Gasteiger partial charge in [-0.1, -0.05) is 24.3 Å². The van der Waals surface area contributed by atoms with Gasteiger partial charge in [0, 0.05) is 17.0 Å². The lowest BCUT2D eigenvalue weighted by atomic mass is 10.0. The zero-order valence-electron chi connectivity index (χ0n) is 19.6. The molecule has 2 aromatic carbocycles. The van der Waals surface area contributed by atoms with E-state index in [0.717, 1.165) is 33.8 Å². The van der Waals surface area contributed by atoms with Gasteiger partial charge in [0.2, 0.25) is 5.91 Å². The number of carbonyl (C=O) groups excluding carboxylic acids is 1. The summed E-state index contributed by atoms with van der Waals surface area (Å²) in [4.78, 5) is 21.7. The van der Waals surface area contributed by atoms with E-state index in [-0.39, 0.29) is 23.6 Å². The van der Waals surface area contributed by atoms with Crippen LogP contribution in [0.3, 0.4) is 0 Å². The standard InChI is InChI=1S/C26H24FN5O2S/c1-15-11-16(2)29-26(28-15)32-25-23(17(3)31-32)24(35-14-22(33)30-25)19-7-9-21(10-8-19)34-13-18-5-4-6-20(27)12-18/h4-12,24H,13-14H2,1-3H3,(H,30,33). The van der Waals surface area contributed by atoms with Crippen LogP contribution in [0.25, 0.3) is 5.95 Å². The van der Waals surface area contributed by atoms with Crippen molar-refractivity contribution in [3.63, 3.8) is 0 Å². The molecule has 1 atom stereocenters. The molecule has 5 rings (SSSR count). The van der Waals surface area contributed by atoms with E-state index in [4.69, 9.17) is 9.84 Å². The maximum Gasteiger partial charge on any atom is 0.252 e. The number of rotatable bonds is 5. The number of carbonyl (C=O) groups is 1. The lowest BCUT2D eigenvalue weighted by molar-refractivity contribution is -0.113. The van der Waals surface area contributed by atoms with Crippen molar-refractivity contribution in [2.75, 3.05) is 11.1 Å². The van der Waals surface area contributed by atoms with Gasteiger partial charge >= 0.3 is 0 Å². The molecule has 0 radical (unpaired) electrons. The van der Waals surface area contributed by atoms with Crippen LogP contribution in [0.5, 0.6) is 5.75 Å². The van der Waals surface area contributed by atoms with Crippen LogP contribution in [-0.4, -0.2) is 31.4 Å². The van der Waals surface area contributed by atoms with Crippen molar-refractivity contribution < 1.29 is 13.9 Å². The van der Waals surface area contributed by atoms with Crippen molar-refractivity contribution in [2.45, 2.75) is 32.6 Å². The van der Waals surface area contributed by atoms with Gasteiger partial charge in [0.25, 0.3) is 5.95 Å². The number of benzene rings is 2. The van der Waals surface area contributed by atoms with E-state index >= 15 is 0 Å². The minimum Gasteiger partial charge on any atom is -0.489 e. The van der Waals surface area contributed by atoms with Gasteiger partial charge in [-0.05, 0) is 62.2 Å².